The minimum absolute atomic E-state index is 0.160. The van der Waals surface area contributed by atoms with Crippen LogP contribution in [0.15, 0.2) is 30.3 Å². The molecule has 1 aromatic rings. The fourth-order valence-corrected chi connectivity index (χ4v) is 3.98. The Labute approximate surface area is 107 Å². The van der Waals surface area contributed by atoms with Crippen molar-refractivity contribution in [2.24, 2.45) is 17.3 Å². The van der Waals surface area contributed by atoms with Crippen molar-refractivity contribution in [1.82, 2.24) is 4.90 Å². The number of nitrogens with zero attached hydrogens (tertiary/aromatic N) is 1. The number of hydrogen-bond donors (Lipinski definition) is 0. The topological polar surface area (TPSA) is 29.5 Å². The summed E-state index contributed by atoms with van der Waals surface area (Å²) in [7, 11) is 0. The van der Waals surface area contributed by atoms with Crippen LogP contribution in [0.5, 0.6) is 0 Å². The van der Waals surface area contributed by atoms with Gasteiger partial charge in [0.15, 0.2) is 6.23 Å². The number of piperidine rings is 1. The van der Waals surface area contributed by atoms with Crippen molar-refractivity contribution in [1.29, 1.82) is 0 Å². The number of ether oxygens (including phenoxy) is 1. The Morgan fingerprint density at radius 3 is 2.72 bits per heavy atom. The molecule has 3 unspecified atom stereocenters. The zero-order chi connectivity index (χ0) is 12.5. The zero-order valence-electron chi connectivity index (χ0n) is 10.7. The average molecular weight is 243 g/mol. The van der Waals surface area contributed by atoms with Gasteiger partial charge in [-0.2, -0.15) is 0 Å². The highest BCUT2D eigenvalue weighted by Crippen LogP contribution is 2.67. The number of benzene rings is 1. The number of carbonyl (C=O) groups excluding carboxylic acids is 1. The second kappa shape index (κ2) is 3.15. The van der Waals surface area contributed by atoms with Gasteiger partial charge in [-0.3, -0.25) is 4.79 Å². The second-order valence-electron chi connectivity index (χ2n) is 6.23. The van der Waals surface area contributed by atoms with Crippen LogP contribution in [0, 0.1) is 17.3 Å². The summed E-state index contributed by atoms with van der Waals surface area (Å²) in [6.07, 6.45) is -0.160. The van der Waals surface area contributed by atoms with Crippen LogP contribution in [0.25, 0.3) is 0 Å². The summed E-state index contributed by atoms with van der Waals surface area (Å²) in [6, 6.07) is 10.4. The minimum Gasteiger partial charge on any atom is -0.352 e. The van der Waals surface area contributed by atoms with E-state index in [1.807, 2.05) is 35.2 Å². The van der Waals surface area contributed by atoms with Gasteiger partial charge in [-0.15, -0.1) is 0 Å². The summed E-state index contributed by atoms with van der Waals surface area (Å²) >= 11 is 0. The Balaban J connectivity index is 1.67. The number of amides is 1. The van der Waals surface area contributed by atoms with E-state index in [0.29, 0.717) is 24.5 Å². The first kappa shape index (κ1) is 10.6. The van der Waals surface area contributed by atoms with Gasteiger partial charge in [0.05, 0.1) is 12.6 Å². The van der Waals surface area contributed by atoms with Gasteiger partial charge in [0.1, 0.15) is 0 Å². The first-order valence-electron chi connectivity index (χ1n) is 6.61. The van der Waals surface area contributed by atoms with Crippen LogP contribution >= 0.6 is 0 Å². The number of carbonyl (C=O) groups is 1. The van der Waals surface area contributed by atoms with Crippen LogP contribution in [-0.2, 0) is 9.53 Å². The minimum atomic E-state index is -0.160. The molecule has 4 rings (SSSR count). The summed E-state index contributed by atoms with van der Waals surface area (Å²) in [5.41, 5.74) is 1.28. The summed E-state index contributed by atoms with van der Waals surface area (Å²) in [4.78, 5) is 14.5. The average Bonchev–Trinajstić information content (AvgIpc) is 2.70. The lowest BCUT2D eigenvalue weighted by Gasteiger charge is -2.27. The van der Waals surface area contributed by atoms with Gasteiger partial charge in [0.2, 0.25) is 5.91 Å². The van der Waals surface area contributed by atoms with E-state index in [4.69, 9.17) is 4.74 Å². The summed E-state index contributed by atoms with van der Waals surface area (Å²) in [5.74, 6) is 1.03. The Kier molecular flexibility index (Phi) is 1.85. The molecule has 1 saturated carbocycles. The highest BCUT2D eigenvalue weighted by molar-refractivity contribution is 5.87. The molecule has 1 aromatic carbocycles. The Hall–Kier alpha value is -1.35. The van der Waals surface area contributed by atoms with Crippen molar-refractivity contribution in [3.05, 3.63) is 35.9 Å². The highest BCUT2D eigenvalue weighted by atomic mass is 16.5. The van der Waals surface area contributed by atoms with Crippen LogP contribution in [0.3, 0.4) is 0 Å². The molecule has 2 heterocycles. The molecule has 2 aliphatic heterocycles. The molecule has 3 fully saturated rings. The largest absolute Gasteiger partial charge is 0.352 e. The third-order valence-corrected chi connectivity index (χ3v) is 4.97. The normalized spacial score (nSPS) is 39.7. The van der Waals surface area contributed by atoms with E-state index in [2.05, 4.69) is 13.8 Å². The van der Waals surface area contributed by atoms with Crippen LogP contribution in [0.2, 0.25) is 0 Å². The van der Waals surface area contributed by atoms with E-state index < -0.39 is 0 Å². The lowest BCUT2D eigenvalue weighted by molar-refractivity contribution is -0.137. The van der Waals surface area contributed by atoms with E-state index in [0.717, 1.165) is 5.56 Å². The van der Waals surface area contributed by atoms with Crippen molar-refractivity contribution in [3.63, 3.8) is 0 Å². The molecule has 0 N–H and O–H groups in total. The lowest BCUT2D eigenvalue weighted by atomic mass is 10.0. The summed E-state index contributed by atoms with van der Waals surface area (Å²) < 4.78 is 5.87. The smallest absolute Gasteiger partial charge is 0.229 e. The van der Waals surface area contributed by atoms with Crippen molar-refractivity contribution in [2.75, 3.05) is 6.61 Å². The summed E-state index contributed by atoms with van der Waals surface area (Å²) in [6.45, 7) is 5.09. The van der Waals surface area contributed by atoms with Gasteiger partial charge in [-0.05, 0) is 11.3 Å². The van der Waals surface area contributed by atoms with Crippen LogP contribution < -0.4 is 0 Å². The van der Waals surface area contributed by atoms with Gasteiger partial charge in [-0.1, -0.05) is 44.2 Å². The Morgan fingerprint density at radius 1 is 1.28 bits per heavy atom. The third-order valence-electron chi connectivity index (χ3n) is 4.97. The van der Waals surface area contributed by atoms with E-state index in [1.165, 1.54) is 0 Å². The van der Waals surface area contributed by atoms with E-state index in [9.17, 15) is 4.79 Å². The van der Waals surface area contributed by atoms with Gasteiger partial charge in [0, 0.05) is 11.5 Å². The monoisotopic (exact) mass is 243 g/mol. The second-order valence-corrected chi connectivity index (χ2v) is 6.23. The van der Waals surface area contributed by atoms with Crippen LogP contribution in [-0.4, -0.2) is 23.5 Å². The fourth-order valence-electron chi connectivity index (χ4n) is 3.98. The van der Waals surface area contributed by atoms with Crippen molar-refractivity contribution >= 4 is 5.91 Å². The van der Waals surface area contributed by atoms with Crippen molar-refractivity contribution in [2.45, 2.75) is 26.1 Å². The highest BCUT2D eigenvalue weighted by Gasteiger charge is 2.73. The number of hydrogen-bond acceptors (Lipinski definition) is 2. The Morgan fingerprint density at radius 2 is 2.00 bits per heavy atom. The number of rotatable bonds is 1. The standard InChI is InChI=1S/C15H17NO2/c1-15(2)11-10-8-18-14(9-6-4-3-5-7-9)16(10)13(17)12(11)15/h3-7,10-12,14H,8H2,1-2H3/t10?,11?,12-,14?/m1/s1. The van der Waals surface area contributed by atoms with Gasteiger partial charge >= 0.3 is 0 Å². The fraction of sp³-hybridized carbons (Fsp3) is 0.533. The molecular weight excluding hydrogens is 226 g/mol. The first-order valence-corrected chi connectivity index (χ1v) is 6.61. The summed E-state index contributed by atoms with van der Waals surface area (Å²) in [5, 5.41) is 0. The molecule has 0 bridgehead atoms. The molecule has 18 heavy (non-hydrogen) atoms. The molecule has 2 saturated heterocycles. The Bertz CT molecular complexity index is 510. The maximum absolute atomic E-state index is 12.5. The quantitative estimate of drug-likeness (QED) is 0.756. The van der Waals surface area contributed by atoms with Crippen LogP contribution in [0.1, 0.15) is 25.6 Å². The third kappa shape index (κ3) is 1.11. The van der Waals surface area contributed by atoms with Crippen LogP contribution in [0.4, 0.5) is 0 Å². The first-order chi connectivity index (χ1) is 8.62. The molecule has 3 aliphatic rings. The van der Waals surface area contributed by atoms with Crippen molar-refractivity contribution in [3.8, 4) is 0 Å². The molecule has 3 heteroatoms. The predicted octanol–water partition coefficient (Wildman–Crippen LogP) is 2.20. The molecule has 94 valence electrons. The van der Waals surface area contributed by atoms with Gasteiger partial charge in [0.25, 0.3) is 0 Å². The van der Waals surface area contributed by atoms with Gasteiger partial charge < -0.3 is 9.64 Å². The molecule has 0 radical (unpaired) electrons. The number of fused-ring (bicyclic) bond motifs is 3. The molecule has 1 amide bonds. The van der Waals surface area contributed by atoms with E-state index in [1.54, 1.807) is 0 Å². The van der Waals surface area contributed by atoms with E-state index >= 15 is 0 Å². The van der Waals surface area contributed by atoms with E-state index in [-0.39, 0.29) is 17.6 Å². The molecule has 1 aliphatic carbocycles. The SMILES string of the molecule is CC1(C)C2C3COC(c4ccccc4)N3C(=O)[C@@H]21. The molecule has 3 nitrogen and oxygen atoms in total. The predicted molar refractivity (Wildman–Crippen MR) is 66.5 cm³/mol. The zero-order valence-corrected chi connectivity index (χ0v) is 10.7. The van der Waals surface area contributed by atoms with Gasteiger partial charge in [-0.25, -0.2) is 0 Å². The van der Waals surface area contributed by atoms with Crippen molar-refractivity contribution < 1.29 is 9.53 Å². The molecule has 0 spiro atoms. The molecule has 4 atom stereocenters. The molecule has 0 aromatic heterocycles. The lowest BCUT2D eigenvalue weighted by Crippen LogP contribution is -2.37. The maximum Gasteiger partial charge on any atom is 0.229 e. The molecular formula is C15H17NO2. The maximum atomic E-state index is 12.5.